The highest BCUT2D eigenvalue weighted by atomic mass is 35.5. The number of aromatic amines is 1. The van der Waals surface area contributed by atoms with Gasteiger partial charge in [-0.1, -0.05) is 17.7 Å². The van der Waals surface area contributed by atoms with Crippen LogP contribution in [0.1, 0.15) is 11.1 Å². The topological polar surface area (TPSA) is 87.9 Å². The Balaban J connectivity index is 1.98. The van der Waals surface area contributed by atoms with E-state index in [2.05, 4.69) is 15.0 Å². The molecular weight excluding hydrogens is 298 g/mol. The van der Waals surface area contributed by atoms with E-state index >= 15 is 0 Å². The van der Waals surface area contributed by atoms with Crippen molar-refractivity contribution >= 4 is 41.4 Å². The first-order chi connectivity index (χ1) is 9.54. The van der Waals surface area contributed by atoms with Crippen molar-refractivity contribution in [2.45, 2.75) is 13.0 Å². The number of nitrogens with zero attached hydrogens (tertiary/aromatic N) is 3. The van der Waals surface area contributed by atoms with Gasteiger partial charge in [-0.2, -0.15) is 0 Å². The van der Waals surface area contributed by atoms with Crippen molar-refractivity contribution in [3.8, 4) is 0 Å². The Labute approximate surface area is 124 Å². The largest absolute Gasteiger partial charge is 0.385 e. The predicted molar refractivity (Wildman–Crippen MR) is 78.0 cm³/mol. The van der Waals surface area contributed by atoms with Crippen LogP contribution in [0.3, 0.4) is 0 Å². The predicted octanol–water partition coefficient (Wildman–Crippen LogP) is 1.86. The molecule has 0 radical (unpaired) electrons. The molecule has 1 amide bonds. The minimum atomic E-state index is -0.0665. The molecule has 1 aliphatic heterocycles. The number of anilines is 2. The van der Waals surface area contributed by atoms with E-state index < -0.39 is 0 Å². The van der Waals surface area contributed by atoms with Crippen LogP contribution in [-0.4, -0.2) is 20.9 Å². The van der Waals surface area contributed by atoms with Crippen molar-refractivity contribution in [2.75, 3.05) is 10.6 Å². The molecule has 0 aromatic carbocycles. The van der Waals surface area contributed by atoms with Gasteiger partial charge in [0.2, 0.25) is 5.91 Å². The summed E-state index contributed by atoms with van der Waals surface area (Å²) in [4.78, 5) is 24.6. The Hall–Kier alpha value is -1.99. The number of hydrogen-bond acceptors (Lipinski definition) is 5. The van der Waals surface area contributed by atoms with E-state index in [9.17, 15) is 4.79 Å². The van der Waals surface area contributed by atoms with Crippen LogP contribution >= 0.6 is 23.8 Å². The molecule has 3 N–H and O–H groups in total. The van der Waals surface area contributed by atoms with Gasteiger partial charge in [0, 0.05) is 11.8 Å². The smallest absolute Gasteiger partial charge is 0.233 e. The van der Waals surface area contributed by atoms with Crippen LogP contribution in [0.4, 0.5) is 11.6 Å². The van der Waals surface area contributed by atoms with Gasteiger partial charge < -0.3 is 10.7 Å². The number of hydrogen-bond donors (Lipinski definition) is 2. The lowest BCUT2D eigenvalue weighted by Gasteiger charge is -2.16. The van der Waals surface area contributed by atoms with E-state index in [1.807, 2.05) is 6.07 Å². The van der Waals surface area contributed by atoms with E-state index in [1.165, 1.54) is 0 Å². The Kier molecular flexibility index (Phi) is 3.15. The number of carbonyl (C=O) groups excluding carboxylic acids is 1. The number of rotatable bonds is 2. The fourth-order valence-corrected chi connectivity index (χ4v) is 2.42. The van der Waals surface area contributed by atoms with Crippen LogP contribution < -0.4 is 10.6 Å². The molecule has 0 aliphatic carbocycles. The van der Waals surface area contributed by atoms with Crippen molar-refractivity contribution in [3.05, 3.63) is 39.4 Å². The minimum absolute atomic E-state index is 0.0665. The summed E-state index contributed by atoms with van der Waals surface area (Å²) in [6.07, 6.45) is 1.85. The van der Waals surface area contributed by atoms with Crippen molar-refractivity contribution in [2.24, 2.45) is 0 Å². The normalized spacial score (nSPS) is 13.7. The monoisotopic (exact) mass is 307 g/mol. The fraction of sp³-hybridized carbons (Fsp3) is 0.167. The maximum absolute atomic E-state index is 12.1. The van der Waals surface area contributed by atoms with Gasteiger partial charge in [-0.15, -0.1) is 0 Å². The molecule has 6 nitrogen and oxygen atoms in total. The van der Waals surface area contributed by atoms with Crippen molar-refractivity contribution in [3.63, 3.8) is 0 Å². The Morgan fingerprint density at radius 3 is 3.00 bits per heavy atom. The summed E-state index contributed by atoms with van der Waals surface area (Å²) in [6, 6.07) is 3.49. The molecule has 2 aromatic heterocycles. The Morgan fingerprint density at radius 1 is 1.50 bits per heavy atom. The van der Waals surface area contributed by atoms with Gasteiger partial charge in [-0.3, -0.25) is 9.69 Å². The molecule has 1 aliphatic rings. The van der Waals surface area contributed by atoms with E-state index in [0.29, 0.717) is 28.9 Å². The fourth-order valence-electron chi connectivity index (χ4n) is 2.11. The van der Waals surface area contributed by atoms with Crippen LogP contribution in [0.5, 0.6) is 0 Å². The summed E-state index contributed by atoms with van der Waals surface area (Å²) in [6.45, 7) is 0.362. The molecule has 0 saturated heterocycles. The van der Waals surface area contributed by atoms with Gasteiger partial charge in [0.05, 0.1) is 13.0 Å². The zero-order valence-electron chi connectivity index (χ0n) is 10.3. The molecule has 0 saturated carbocycles. The van der Waals surface area contributed by atoms with Gasteiger partial charge in [0.15, 0.2) is 4.77 Å². The second kappa shape index (κ2) is 4.84. The molecule has 20 heavy (non-hydrogen) atoms. The molecule has 102 valence electrons. The number of fused-ring (bicyclic) bond motifs is 1. The Morgan fingerprint density at radius 2 is 2.30 bits per heavy atom. The zero-order valence-corrected chi connectivity index (χ0v) is 11.8. The van der Waals surface area contributed by atoms with Gasteiger partial charge >= 0.3 is 0 Å². The lowest BCUT2D eigenvalue weighted by Crippen LogP contribution is -2.26. The summed E-state index contributed by atoms with van der Waals surface area (Å²) >= 11 is 10.7. The van der Waals surface area contributed by atoms with Gasteiger partial charge in [0.25, 0.3) is 0 Å². The highest BCUT2D eigenvalue weighted by Crippen LogP contribution is 2.30. The van der Waals surface area contributed by atoms with Gasteiger partial charge in [-0.05, 0) is 23.8 Å². The molecule has 0 unspecified atom stereocenters. The standard InChI is InChI=1S/C12H10ClN5OS/c13-8-2-1-6(4-15-8)5-18-9(19)3-7-10(14)16-12(20)17-11(7)18/h1-2,4H,3,5H2,(H3,14,16,17,20). The second-order valence-corrected chi connectivity index (χ2v) is 5.18. The van der Waals surface area contributed by atoms with Crippen LogP contribution in [0, 0.1) is 4.77 Å². The van der Waals surface area contributed by atoms with Gasteiger partial charge in [-0.25, -0.2) is 9.97 Å². The average molecular weight is 308 g/mol. The molecule has 0 fully saturated rings. The van der Waals surface area contributed by atoms with Crippen molar-refractivity contribution in [1.29, 1.82) is 0 Å². The molecule has 3 rings (SSSR count). The number of halogens is 1. The van der Waals surface area contributed by atoms with Gasteiger partial charge in [0.1, 0.15) is 16.8 Å². The maximum Gasteiger partial charge on any atom is 0.233 e. The van der Waals surface area contributed by atoms with Crippen LogP contribution in [0.15, 0.2) is 18.3 Å². The van der Waals surface area contributed by atoms with E-state index in [0.717, 1.165) is 5.56 Å². The molecule has 0 bridgehead atoms. The lowest BCUT2D eigenvalue weighted by atomic mass is 10.2. The highest BCUT2D eigenvalue weighted by molar-refractivity contribution is 7.71. The minimum Gasteiger partial charge on any atom is -0.385 e. The number of nitrogen functional groups attached to an aromatic ring is 1. The van der Waals surface area contributed by atoms with E-state index in [-0.39, 0.29) is 17.1 Å². The molecule has 8 heteroatoms. The van der Waals surface area contributed by atoms with Crippen LogP contribution in [0.2, 0.25) is 5.15 Å². The molecule has 3 heterocycles. The number of carbonyl (C=O) groups is 1. The number of pyridine rings is 1. The SMILES string of the molecule is Nc1[nH]c(=S)nc2c1CC(=O)N2Cc1ccc(Cl)nc1. The van der Waals surface area contributed by atoms with Crippen LogP contribution in [-0.2, 0) is 17.8 Å². The Bertz CT molecular complexity index is 743. The maximum atomic E-state index is 12.1. The van der Waals surface area contributed by atoms with E-state index in [4.69, 9.17) is 29.6 Å². The summed E-state index contributed by atoms with van der Waals surface area (Å²) in [5.41, 5.74) is 7.38. The van der Waals surface area contributed by atoms with Crippen LogP contribution in [0.25, 0.3) is 0 Å². The molecule has 0 atom stereocenters. The third kappa shape index (κ3) is 2.25. The summed E-state index contributed by atoms with van der Waals surface area (Å²) in [5, 5.41) is 0.409. The third-order valence-electron chi connectivity index (χ3n) is 3.06. The zero-order chi connectivity index (χ0) is 14.3. The quantitative estimate of drug-likeness (QED) is 0.653. The number of nitrogens with one attached hydrogen (secondary N) is 1. The third-order valence-corrected chi connectivity index (χ3v) is 3.48. The first-order valence-corrected chi connectivity index (χ1v) is 6.62. The summed E-state index contributed by atoms with van der Waals surface area (Å²) in [5.74, 6) is 0.847. The first-order valence-electron chi connectivity index (χ1n) is 5.84. The number of H-pyrrole nitrogens is 1. The van der Waals surface area contributed by atoms with Crippen molar-refractivity contribution < 1.29 is 4.79 Å². The molecule has 0 spiro atoms. The number of amides is 1. The first kappa shape index (κ1) is 13.0. The number of nitrogens with two attached hydrogens (primary N) is 1. The summed E-state index contributed by atoms with van der Waals surface area (Å²) < 4.78 is 0.259. The summed E-state index contributed by atoms with van der Waals surface area (Å²) in [7, 11) is 0. The average Bonchev–Trinajstić information content (AvgIpc) is 2.70. The van der Waals surface area contributed by atoms with Crippen molar-refractivity contribution in [1.82, 2.24) is 15.0 Å². The molecular formula is C12H10ClN5OS. The lowest BCUT2D eigenvalue weighted by molar-refractivity contribution is -0.117. The van der Waals surface area contributed by atoms with E-state index in [1.54, 1.807) is 17.2 Å². The highest BCUT2D eigenvalue weighted by Gasteiger charge is 2.31. The second-order valence-electron chi connectivity index (χ2n) is 4.40. The number of aromatic nitrogens is 3. The molecule has 2 aromatic rings.